The Morgan fingerprint density at radius 3 is 2.50 bits per heavy atom. The SMILES string of the molecule is O=C(O)[C@H](Cc1ccccc1)NCc1cscc1C(F)(F)F. The van der Waals surface area contributed by atoms with Crippen molar-refractivity contribution in [2.75, 3.05) is 0 Å². The molecule has 2 rings (SSSR count). The van der Waals surface area contributed by atoms with Crippen LogP contribution in [-0.4, -0.2) is 17.1 Å². The van der Waals surface area contributed by atoms with Crippen molar-refractivity contribution in [3.63, 3.8) is 0 Å². The molecule has 0 aliphatic rings. The molecular formula is C15H14F3NO2S. The molecule has 0 amide bonds. The summed E-state index contributed by atoms with van der Waals surface area (Å²) in [6, 6.07) is 8.01. The number of benzene rings is 1. The van der Waals surface area contributed by atoms with Gasteiger partial charge in [-0.1, -0.05) is 30.3 Å². The van der Waals surface area contributed by atoms with E-state index in [1.807, 2.05) is 6.07 Å². The zero-order valence-electron chi connectivity index (χ0n) is 11.4. The van der Waals surface area contributed by atoms with E-state index in [0.29, 0.717) is 0 Å². The fourth-order valence-corrected chi connectivity index (χ4v) is 2.90. The number of hydrogen-bond acceptors (Lipinski definition) is 3. The molecule has 2 aromatic rings. The van der Waals surface area contributed by atoms with Gasteiger partial charge in [0, 0.05) is 11.9 Å². The molecular weight excluding hydrogens is 315 g/mol. The third-order valence-electron chi connectivity index (χ3n) is 3.17. The van der Waals surface area contributed by atoms with Gasteiger partial charge < -0.3 is 5.11 Å². The highest BCUT2D eigenvalue weighted by atomic mass is 32.1. The van der Waals surface area contributed by atoms with Crippen molar-refractivity contribution in [2.45, 2.75) is 25.2 Å². The number of thiophene rings is 1. The smallest absolute Gasteiger partial charge is 0.417 e. The van der Waals surface area contributed by atoms with Crippen LogP contribution in [-0.2, 0) is 23.9 Å². The van der Waals surface area contributed by atoms with Crippen LogP contribution in [0.4, 0.5) is 13.2 Å². The van der Waals surface area contributed by atoms with E-state index < -0.39 is 23.8 Å². The Morgan fingerprint density at radius 1 is 1.23 bits per heavy atom. The molecule has 0 bridgehead atoms. The average molecular weight is 329 g/mol. The summed E-state index contributed by atoms with van der Waals surface area (Å²) in [4.78, 5) is 11.3. The molecule has 1 atom stereocenters. The van der Waals surface area contributed by atoms with Gasteiger partial charge >= 0.3 is 12.1 Å². The van der Waals surface area contributed by atoms with Crippen LogP contribution in [0.15, 0.2) is 41.1 Å². The van der Waals surface area contributed by atoms with Gasteiger partial charge in [-0.15, -0.1) is 0 Å². The van der Waals surface area contributed by atoms with E-state index in [4.69, 9.17) is 0 Å². The number of hydrogen-bond donors (Lipinski definition) is 2. The molecule has 2 N–H and O–H groups in total. The van der Waals surface area contributed by atoms with E-state index in [1.54, 1.807) is 24.3 Å². The van der Waals surface area contributed by atoms with Crippen LogP contribution in [0, 0.1) is 0 Å². The summed E-state index contributed by atoms with van der Waals surface area (Å²) in [7, 11) is 0. The first kappa shape index (κ1) is 16.5. The normalized spacial score (nSPS) is 13.0. The molecule has 1 heterocycles. The van der Waals surface area contributed by atoms with E-state index in [9.17, 15) is 23.1 Å². The van der Waals surface area contributed by atoms with E-state index in [0.717, 1.165) is 22.3 Å². The van der Waals surface area contributed by atoms with Crippen molar-refractivity contribution in [1.29, 1.82) is 0 Å². The van der Waals surface area contributed by atoms with Crippen LogP contribution in [0.5, 0.6) is 0 Å². The molecule has 0 unspecified atom stereocenters. The third kappa shape index (κ3) is 4.32. The van der Waals surface area contributed by atoms with Crippen LogP contribution >= 0.6 is 11.3 Å². The fraction of sp³-hybridized carbons (Fsp3) is 0.267. The number of carbonyl (C=O) groups is 1. The van der Waals surface area contributed by atoms with E-state index in [1.165, 1.54) is 5.38 Å². The summed E-state index contributed by atoms with van der Waals surface area (Å²) in [5, 5.41) is 14.3. The van der Waals surface area contributed by atoms with E-state index in [-0.39, 0.29) is 18.5 Å². The maximum atomic E-state index is 12.8. The highest BCUT2D eigenvalue weighted by molar-refractivity contribution is 7.08. The first-order valence-corrected chi connectivity index (χ1v) is 7.44. The standard InChI is InChI=1S/C15H14F3NO2S/c16-15(17,18)12-9-22-8-11(12)7-19-13(14(20)21)6-10-4-2-1-3-5-10/h1-5,8-9,13,19H,6-7H2,(H,20,21)/t13-/m0/s1. The molecule has 0 aliphatic carbocycles. The summed E-state index contributed by atoms with van der Waals surface area (Å²) in [5.74, 6) is -1.09. The second-order valence-electron chi connectivity index (χ2n) is 4.77. The molecule has 7 heteroatoms. The van der Waals surface area contributed by atoms with Gasteiger partial charge in [-0.05, 0) is 22.9 Å². The van der Waals surface area contributed by atoms with Gasteiger partial charge in [0.15, 0.2) is 0 Å². The van der Waals surface area contributed by atoms with Crippen molar-refractivity contribution in [3.05, 3.63) is 57.8 Å². The lowest BCUT2D eigenvalue weighted by molar-refractivity contribution is -0.139. The lowest BCUT2D eigenvalue weighted by Gasteiger charge is -2.15. The second kappa shape index (κ2) is 6.93. The minimum absolute atomic E-state index is 0.0665. The highest BCUT2D eigenvalue weighted by Crippen LogP contribution is 2.34. The summed E-state index contributed by atoms with van der Waals surface area (Å²) >= 11 is 0.950. The van der Waals surface area contributed by atoms with E-state index >= 15 is 0 Å². The van der Waals surface area contributed by atoms with Crippen molar-refractivity contribution in [2.24, 2.45) is 0 Å². The maximum absolute atomic E-state index is 12.8. The monoisotopic (exact) mass is 329 g/mol. The first-order valence-electron chi connectivity index (χ1n) is 6.50. The van der Waals surface area contributed by atoms with Gasteiger partial charge in [0.25, 0.3) is 0 Å². The Balaban J connectivity index is 2.04. The zero-order chi connectivity index (χ0) is 16.2. The quantitative estimate of drug-likeness (QED) is 0.852. The Labute approximate surface area is 129 Å². The number of alkyl halides is 3. The first-order chi connectivity index (χ1) is 10.4. The molecule has 3 nitrogen and oxygen atoms in total. The van der Waals surface area contributed by atoms with Gasteiger partial charge in [0.1, 0.15) is 6.04 Å². The van der Waals surface area contributed by atoms with Gasteiger partial charge in [-0.25, -0.2) is 0 Å². The zero-order valence-corrected chi connectivity index (χ0v) is 12.2. The lowest BCUT2D eigenvalue weighted by atomic mass is 10.1. The molecule has 0 saturated heterocycles. The largest absolute Gasteiger partial charge is 0.480 e. The van der Waals surface area contributed by atoms with Crippen LogP contribution in [0.1, 0.15) is 16.7 Å². The molecule has 0 fully saturated rings. The Kier molecular flexibility index (Phi) is 5.20. The summed E-state index contributed by atoms with van der Waals surface area (Å²) < 4.78 is 38.3. The van der Waals surface area contributed by atoms with Crippen LogP contribution in [0.25, 0.3) is 0 Å². The fourth-order valence-electron chi connectivity index (χ4n) is 2.04. The van der Waals surface area contributed by atoms with Gasteiger partial charge in [-0.2, -0.15) is 24.5 Å². The van der Waals surface area contributed by atoms with E-state index in [2.05, 4.69) is 5.32 Å². The molecule has 0 radical (unpaired) electrons. The van der Waals surface area contributed by atoms with Crippen molar-refractivity contribution >= 4 is 17.3 Å². The maximum Gasteiger partial charge on any atom is 0.417 e. The predicted molar refractivity (Wildman–Crippen MR) is 77.7 cm³/mol. The van der Waals surface area contributed by atoms with Crippen LogP contribution in [0.3, 0.4) is 0 Å². The predicted octanol–water partition coefficient (Wildman–Crippen LogP) is 3.55. The van der Waals surface area contributed by atoms with Crippen LogP contribution in [0.2, 0.25) is 0 Å². The topological polar surface area (TPSA) is 49.3 Å². The molecule has 0 saturated carbocycles. The van der Waals surface area contributed by atoms with Crippen molar-refractivity contribution in [1.82, 2.24) is 5.32 Å². The average Bonchev–Trinajstić information content (AvgIpc) is 2.92. The molecule has 1 aromatic heterocycles. The molecule has 118 valence electrons. The summed E-state index contributed by atoms with van der Waals surface area (Å²) in [6.07, 6.45) is -4.21. The minimum Gasteiger partial charge on any atom is -0.480 e. The van der Waals surface area contributed by atoms with Gasteiger partial charge in [-0.3, -0.25) is 10.1 Å². The number of carboxylic acid groups (broad SMARTS) is 1. The molecule has 0 spiro atoms. The van der Waals surface area contributed by atoms with Crippen molar-refractivity contribution < 1.29 is 23.1 Å². The summed E-state index contributed by atoms with van der Waals surface area (Å²) in [5.41, 5.74) is 0.162. The molecule has 22 heavy (non-hydrogen) atoms. The lowest BCUT2D eigenvalue weighted by Crippen LogP contribution is -2.38. The Hall–Kier alpha value is -1.86. The number of rotatable bonds is 6. The number of aliphatic carboxylic acids is 1. The minimum atomic E-state index is -4.42. The highest BCUT2D eigenvalue weighted by Gasteiger charge is 2.34. The Bertz CT molecular complexity index is 625. The number of carboxylic acids is 1. The molecule has 0 aliphatic heterocycles. The number of halogens is 3. The third-order valence-corrected chi connectivity index (χ3v) is 3.96. The number of nitrogens with one attached hydrogen (secondary N) is 1. The van der Waals surface area contributed by atoms with Gasteiger partial charge in [0.05, 0.1) is 5.56 Å². The van der Waals surface area contributed by atoms with Crippen LogP contribution < -0.4 is 5.32 Å². The van der Waals surface area contributed by atoms with Gasteiger partial charge in [0.2, 0.25) is 0 Å². The molecule has 1 aromatic carbocycles. The second-order valence-corrected chi connectivity index (χ2v) is 5.51. The van der Waals surface area contributed by atoms with Crippen molar-refractivity contribution in [3.8, 4) is 0 Å². The summed E-state index contributed by atoms with van der Waals surface area (Å²) in [6.45, 7) is -0.137. The Morgan fingerprint density at radius 2 is 1.91 bits per heavy atom.